The largest absolute Gasteiger partial charge is 0.466 e. The summed E-state index contributed by atoms with van der Waals surface area (Å²) in [6.07, 6.45) is 1.77. The molecule has 0 aromatic carbocycles. The van der Waals surface area contributed by atoms with Crippen LogP contribution in [0.15, 0.2) is 21.1 Å². The van der Waals surface area contributed by atoms with Crippen LogP contribution in [-0.4, -0.2) is 25.2 Å². The molecule has 3 heterocycles. The Morgan fingerprint density at radius 2 is 2.05 bits per heavy atom. The van der Waals surface area contributed by atoms with Crippen LogP contribution < -0.4 is 5.73 Å². The summed E-state index contributed by atoms with van der Waals surface area (Å²) in [5.41, 5.74) is 7.27. The fourth-order valence-corrected chi connectivity index (χ4v) is 2.01. The quantitative estimate of drug-likeness (QED) is 0.776. The van der Waals surface area contributed by atoms with E-state index in [0.717, 1.165) is 22.8 Å². The van der Waals surface area contributed by atoms with Gasteiger partial charge in [0, 0.05) is 6.04 Å². The molecule has 1 atom stereocenters. The van der Waals surface area contributed by atoms with E-state index in [4.69, 9.17) is 14.6 Å². The molecule has 2 N–H and O–H groups in total. The Kier molecular flexibility index (Phi) is 3.30. The SMILES string of the molecule is Cc1cc(-c2nnc(Cn3cc(C(C)N)nn3)o2)c(C)o1. The van der Waals surface area contributed by atoms with Crippen LogP contribution in [0.5, 0.6) is 0 Å². The van der Waals surface area contributed by atoms with E-state index in [-0.39, 0.29) is 6.04 Å². The summed E-state index contributed by atoms with van der Waals surface area (Å²) in [5.74, 6) is 2.44. The Bertz CT molecular complexity index is 754. The molecule has 1 unspecified atom stereocenters. The summed E-state index contributed by atoms with van der Waals surface area (Å²) >= 11 is 0. The molecule has 110 valence electrons. The van der Waals surface area contributed by atoms with Crippen molar-refractivity contribution in [1.29, 1.82) is 0 Å². The summed E-state index contributed by atoms with van der Waals surface area (Å²) < 4.78 is 12.7. The van der Waals surface area contributed by atoms with Gasteiger partial charge in [0.15, 0.2) is 0 Å². The molecule has 8 heteroatoms. The number of hydrogen-bond donors (Lipinski definition) is 1. The smallest absolute Gasteiger partial charge is 0.251 e. The van der Waals surface area contributed by atoms with Crippen molar-refractivity contribution in [2.75, 3.05) is 0 Å². The van der Waals surface area contributed by atoms with E-state index in [1.54, 1.807) is 10.9 Å². The molecule has 0 aliphatic carbocycles. The zero-order chi connectivity index (χ0) is 15.0. The summed E-state index contributed by atoms with van der Waals surface area (Å²) in [6.45, 7) is 5.93. The third-order valence-corrected chi connectivity index (χ3v) is 3.06. The standard InChI is InChI=1S/C13H16N6O2/c1-7-4-10(9(3)20-7)13-17-16-12(21-13)6-19-5-11(8(2)14)15-18-19/h4-5,8H,6,14H2,1-3H3. The topological polar surface area (TPSA) is 109 Å². The Balaban J connectivity index is 1.80. The van der Waals surface area contributed by atoms with Gasteiger partial charge in [-0.2, -0.15) is 0 Å². The molecule has 0 radical (unpaired) electrons. The lowest BCUT2D eigenvalue weighted by molar-refractivity contribution is 0.466. The Labute approximate surface area is 121 Å². The molecule has 8 nitrogen and oxygen atoms in total. The normalized spacial score (nSPS) is 12.8. The molecule has 3 rings (SSSR count). The van der Waals surface area contributed by atoms with Crippen molar-refractivity contribution in [2.45, 2.75) is 33.4 Å². The van der Waals surface area contributed by atoms with Crippen LogP contribution in [0.25, 0.3) is 11.5 Å². The van der Waals surface area contributed by atoms with Gasteiger partial charge in [-0.25, -0.2) is 4.68 Å². The van der Waals surface area contributed by atoms with E-state index in [2.05, 4.69) is 20.5 Å². The average Bonchev–Trinajstić information content (AvgIpc) is 3.10. The lowest BCUT2D eigenvalue weighted by Gasteiger charge is -1.96. The van der Waals surface area contributed by atoms with Gasteiger partial charge in [0.1, 0.15) is 18.1 Å². The molecule has 0 spiro atoms. The number of nitrogens with two attached hydrogens (primary N) is 1. The van der Waals surface area contributed by atoms with E-state index in [1.807, 2.05) is 26.8 Å². The van der Waals surface area contributed by atoms with Crippen LogP contribution in [0.4, 0.5) is 0 Å². The third-order valence-electron chi connectivity index (χ3n) is 3.06. The highest BCUT2D eigenvalue weighted by atomic mass is 16.4. The summed E-state index contributed by atoms with van der Waals surface area (Å²) in [6, 6.07) is 1.71. The second-order valence-electron chi connectivity index (χ2n) is 4.96. The average molecular weight is 288 g/mol. The van der Waals surface area contributed by atoms with Gasteiger partial charge in [0.2, 0.25) is 5.89 Å². The lowest BCUT2D eigenvalue weighted by Crippen LogP contribution is -2.05. The van der Waals surface area contributed by atoms with Gasteiger partial charge in [-0.1, -0.05) is 5.21 Å². The number of furan rings is 1. The van der Waals surface area contributed by atoms with Crippen molar-refractivity contribution in [2.24, 2.45) is 5.73 Å². The third kappa shape index (κ3) is 2.70. The zero-order valence-electron chi connectivity index (χ0n) is 12.1. The van der Waals surface area contributed by atoms with Crippen molar-refractivity contribution in [3.05, 3.63) is 35.4 Å². The molecule has 21 heavy (non-hydrogen) atoms. The Hall–Kier alpha value is -2.48. The Morgan fingerprint density at radius 3 is 2.67 bits per heavy atom. The molecule has 0 aliphatic rings. The first-order chi connectivity index (χ1) is 10.0. The van der Waals surface area contributed by atoms with Gasteiger partial charge >= 0.3 is 0 Å². The number of hydrogen-bond acceptors (Lipinski definition) is 7. The van der Waals surface area contributed by atoms with E-state index >= 15 is 0 Å². The number of aromatic nitrogens is 5. The second kappa shape index (κ2) is 5.13. The van der Waals surface area contributed by atoms with Crippen LogP contribution >= 0.6 is 0 Å². The molecule has 3 aromatic rings. The predicted octanol–water partition coefficient (Wildman–Crippen LogP) is 1.61. The highest BCUT2D eigenvalue weighted by Gasteiger charge is 2.15. The van der Waals surface area contributed by atoms with Gasteiger partial charge in [-0.3, -0.25) is 0 Å². The maximum atomic E-state index is 5.74. The maximum Gasteiger partial charge on any atom is 0.251 e. The van der Waals surface area contributed by atoms with Gasteiger partial charge in [-0.15, -0.1) is 15.3 Å². The van der Waals surface area contributed by atoms with Crippen molar-refractivity contribution in [3.63, 3.8) is 0 Å². The first kappa shape index (κ1) is 13.5. The maximum absolute atomic E-state index is 5.74. The van der Waals surface area contributed by atoms with Crippen LogP contribution in [0.1, 0.15) is 36.1 Å². The molecule has 0 bridgehead atoms. The molecule has 0 aliphatic heterocycles. The van der Waals surface area contributed by atoms with Crippen LogP contribution in [0, 0.1) is 13.8 Å². The molecule has 0 saturated carbocycles. The van der Waals surface area contributed by atoms with E-state index < -0.39 is 0 Å². The second-order valence-corrected chi connectivity index (χ2v) is 4.96. The molecular formula is C13H16N6O2. The molecule has 0 amide bonds. The van der Waals surface area contributed by atoms with E-state index in [1.165, 1.54) is 0 Å². The van der Waals surface area contributed by atoms with E-state index in [0.29, 0.717) is 18.3 Å². The van der Waals surface area contributed by atoms with Crippen molar-refractivity contribution >= 4 is 0 Å². The fraction of sp³-hybridized carbons (Fsp3) is 0.385. The zero-order valence-corrected chi connectivity index (χ0v) is 12.1. The van der Waals surface area contributed by atoms with Gasteiger partial charge in [0.25, 0.3) is 5.89 Å². The van der Waals surface area contributed by atoms with Crippen molar-refractivity contribution < 1.29 is 8.83 Å². The molecule has 0 saturated heterocycles. The molecule has 0 fully saturated rings. The van der Waals surface area contributed by atoms with Gasteiger partial charge < -0.3 is 14.6 Å². The summed E-state index contributed by atoms with van der Waals surface area (Å²) in [7, 11) is 0. The highest BCUT2D eigenvalue weighted by Crippen LogP contribution is 2.25. The van der Waals surface area contributed by atoms with Crippen molar-refractivity contribution in [3.8, 4) is 11.5 Å². The monoisotopic (exact) mass is 288 g/mol. The predicted molar refractivity (Wildman–Crippen MR) is 73.2 cm³/mol. The number of rotatable bonds is 4. The summed E-state index contributed by atoms with van der Waals surface area (Å²) in [5, 5.41) is 16.0. The number of aryl methyl sites for hydroxylation is 2. The van der Waals surface area contributed by atoms with Gasteiger partial charge in [-0.05, 0) is 26.8 Å². The minimum Gasteiger partial charge on any atom is -0.466 e. The molecule has 3 aromatic heterocycles. The van der Waals surface area contributed by atoms with Crippen LogP contribution in [0.3, 0.4) is 0 Å². The first-order valence-corrected chi connectivity index (χ1v) is 6.58. The highest BCUT2D eigenvalue weighted by molar-refractivity contribution is 5.55. The van der Waals surface area contributed by atoms with Crippen LogP contribution in [0.2, 0.25) is 0 Å². The molecular weight excluding hydrogens is 272 g/mol. The first-order valence-electron chi connectivity index (χ1n) is 6.58. The van der Waals surface area contributed by atoms with Crippen molar-refractivity contribution in [1.82, 2.24) is 25.2 Å². The fourth-order valence-electron chi connectivity index (χ4n) is 2.01. The minimum absolute atomic E-state index is 0.159. The minimum atomic E-state index is -0.159. The van der Waals surface area contributed by atoms with Crippen LogP contribution in [-0.2, 0) is 6.54 Å². The number of nitrogens with zero attached hydrogens (tertiary/aromatic N) is 5. The summed E-state index contributed by atoms with van der Waals surface area (Å²) in [4.78, 5) is 0. The van der Waals surface area contributed by atoms with E-state index in [9.17, 15) is 0 Å². The lowest BCUT2D eigenvalue weighted by atomic mass is 10.2. The van der Waals surface area contributed by atoms with Gasteiger partial charge in [0.05, 0.1) is 17.5 Å². The Morgan fingerprint density at radius 1 is 1.24 bits per heavy atom.